The Balaban J connectivity index is 0.000000231. The standard InChI is InChI=1S/C7H7BrN2O2.C6H5BrN2O2/c1-12-7(11)4-2-5(8)6(9)10-3-4;7-4-1-3(6(10)11)2-9-5(4)8/h2-3H,1H3,(H2,9,10);1-2H,(H2,8,9)(H,10,11). The van der Waals surface area contributed by atoms with Crippen LogP contribution in [0.25, 0.3) is 0 Å². The lowest BCUT2D eigenvalue weighted by molar-refractivity contribution is 0.0599. The van der Waals surface area contributed by atoms with Crippen molar-refractivity contribution in [2.24, 2.45) is 0 Å². The van der Waals surface area contributed by atoms with Crippen molar-refractivity contribution in [1.82, 2.24) is 9.97 Å². The minimum Gasteiger partial charge on any atom is -0.478 e. The molecule has 8 nitrogen and oxygen atoms in total. The van der Waals surface area contributed by atoms with Gasteiger partial charge in [0.25, 0.3) is 0 Å². The minimum absolute atomic E-state index is 0.117. The molecule has 5 N–H and O–H groups in total. The van der Waals surface area contributed by atoms with Gasteiger partial charge >= 0.3 is 11.9 Å². The van der Waals surface area contributed by atoms with Crippen molar-refractivity contribution < 1.29 is 19.4 Å². The van der Waals surface area contributed by atoms with Gasteiger partial charge in [0.1, 0.15) is 11.6 Å². The van der Waals surface area contributed by atoms with Crippen LogP contribution in [0.5, 0.6) is 0 Å². The molecular formula is C13H12Br2N4O4. The number of hydrogen-bond donors (Lipinski definition) is 3. The van der Waals surface area contributed by atoms with E-state index in [1.165, 1.54) is 25.6 Å². The van der Waals surface area contributed by atoms with E-state index in [1.54, 1.807) is 6.07 Å². The SMILES string of the molecule is COC(=O)c1cnc(N)c(Br)c1.Nc1ncc(C(=O)O)cc1Br. The van der Waals surface area contributed by atoms with E-state index in [2.05, 4.69) is 46.6 Å². The molecule has 2 heterocycles. The molecule has 0 bridgehead atoms. The summed E-state index contributed by atoms with van der Waals surface area (Å²) in [6.07, 6.45) is 2.58. The zero-order valence-electron chi connectivity index (χ0n) is 11.8. The summed E-state index contributed by atoms with van der Waals surface area (Å²) >= 11 is 6.21. The Morgan fingerprint density at radius 3 is 1.87 bits per heavy atom. The molecular weight excluding hydrogens is 436 g/mol. The van der Waals surface area contributed by atoms with Crippen LogP contribution in [0.3, 0.4) is 0 Å². The van der Waals surface area contributed by atoms with E-state index in [1.807, 2.05) is 0 Å². The number of pyridine rings is 2. The van der Waals surface area contributed by atoms with Gasteiger partial charge in [0.2, 0.25) is 0 Å². The number of nitrogens with zero attached hydrogens (tertiary/aromatic N) is 2. The number of carbonyl (C=O) groups is 2. The average molecular weight is 448 g/mol. The van der Waals surface area contributed by atoms with E-state index in [0.717, 1.165) is 0 Å². The molecule has 0 atom stereocenters. The van der Waals surface area contributed by atoms with Gasteiger partial charge in [-0.2, -0.15) is 0 Å². The Hall–Kier alpha value is -2.20. The Morgan fingerprint density at radius 2 is 1.48 bits per heavy atom. The van der Waals surface area contributed by atoms with Gasteiger partial charge in [0.15, 0.2) is 0 Å². The first kappa shape index (κ1) is 18.8. The third-order valence-electron chi connectivity index (χ3n) is 2.41. The summed E-state index contributed by atoms with van der Waals surface area (Å²) in [7, 11) is 1.31. The van der Waals surface area contributed by atoms with Crippen molar-refractivity contribution in [2.45, 2.75) is 0 Å². The lowest BCUT2D eigenvalue weighted by Crippen LogP contribution is -2.03. The molecule has 0 saturated carbocycles. The van der Waals surface area contributed by atoms with Gasteiger partial charge in [-0.05, 0) is 44.0 Å². The van der Waals surface area contributed by atoms with Gasteiger partial charge in [0, 0.05) is 12.4 Å². The van der Waals surface area contributed by atoms with Gasteiger partial charge in [-0.3, -0.25) is 0 Å². The number of carboxylic acid groups (broad SMARTS) is 1. The maximum absolute atomic E-state index is 11.0. The highest BCUT2D eigenvalue weighted by molar-refractivity contribution is 9.11. The van der Waals surface area contributed by atoms with Crippen molar-refractivity contribution in [2.75, 3.05) is 18.6 Å². The molecule has 0 unspecified atom stereocenters. The van der Waals surface area contributed by atoms with Gasteiger partial charge in [-0.25, -0.2) is 19.6 Å². The van der Waals surface area contributed by atoms with Gasteiger partial charge in [-0.1, -0.05) is 0 Å². The number of nitrogens with two attached hydrogens (primary N) is 2. The quantitative estimate of drug-likeness (QED) is 0.595. The van der Waals surface area contributed by atoms with E-state index >= 15 is 0 Å². The highest BCUT2D eigenvalue weighted by Crippen LogP contribution is 2.18. The second-order valence-corrected chi connectivity index (χ2v) is 5.69. The number of esters is 1. The molecule has 122 valence electrons. The summed E-state index contributed by atoms with van der Waals surface area (Å²) < 4.78 is 5.58. The normalized spacial score (nSPS) is 9.52. The molecule has 23 heavy (non-hydrogen) atoms. The van der Waals surface area contributed by atoms with Crippen LogP contribution in [-0.2, 0) is 4.74 Å². The first-order chi connectivity index (χ1) is 10.8. The summed E-state index contributed by atoms with van der Waals surface area (Å²) in [4.78, 5) is 28.7. The second-order valence-electron chi connectivity index (χ2n) is 3.98. The van der Waals surface area contributed by atoms with Crippen molar-refractivity contribution in [3.05, 3.63) is 44.6 Å². The topological polar surface area (TPSA) is 141 Å². The Labute approximate surface area is 148 Å². The van der Waals surface area contributed by atoms with Crippen molar-refractivity contribution >= 4 is 55.4 Å². The molecule has 0 aliphatic carbocycles. The van der Waals surface area contributed by atoms with E-state index < -0.39 is 11.9 Å². The number of ether oxygens (including phenoxy) is 1. The number of aromatic carboxylic acids is 1. The number of carbonyl (C=O) groups excluding carboxylic acids is 1. The molecule has 0 aliphatic rings. The number of anilines is 2. The Bertz CT molecular complexity index is 740. The van der Waals surface area contributed by atoms with Crippen LogP contribution in [0.4, 0.5) is 11.6 Å². The number of aromatic nitrogens is 2. The van der Waals surface area contributed by atoms with Crippen LogP contribution in [0.1, 0.15) is 20.7 Å². The number of nitrogen functional groups attached to an aromatic ring is 2. The van der Waals surface area contributed by atoms with E-state index in [4.69, 9.17) is 16.6 Å². The third kappa shape index (κ3) is 5.49. The van der Waals surface area contributed by atoms with Crippen LogP contribution in [0, 0.1) is 0 Å². The van der Waals surface area contributed by atoms with Crippen molar-refractivity contribution in [3.63, 3.8) is 0 Å². The molecule has 10 heteroatoms. The molecule has 0 aliphatic heterocycles. The van der Waals surface area contributed by atoms with Gasteiger partial charge < -0.3 is 21.3 Å². The van der Waals surface area contributed by atoms with Crippen molar-refractivity contribution in [1.29, 1.82) is 0 Å². The molecule has 2 aromatic heterocycles. The fraction of sp³-hybridized carbons (Fsp3) is 0.0769. The van der Waals surface area contributed by atoms with Crippen LogP contribution >= 0.6 is 31.9 Å². The molecule has 0 spiro atoms. The lowest BCUT2D eigenvalue weighted by atomic mass is 10.3. The number of methoxy groups -OCH3 is 1. The molecule has 2 aromatic rings. The van der Waals surface area contributed by atoms with Crippen LogP contribution in [-0.4, -0.2) is 34.1 Å². The second kappa shape index (κ2) is 8.44. The van der Waals surface area contributed by atoms with E-state index in [-0.39, 0.29) is 11.4 Å². The Morgan fingerprint density at radius 1 is 1.04 bits per heavy atom. The highest BCUT2D eigenvalue weighted by Gasteiger charge is 2.07. The summed E-state index contributed by atoms with van der Waals surface area (Å²) in [5.41, 5.74) is 11.2. The smallest absolute Gasteiger partial charge is 0.339 e. The number of carboxylic acids is 1. The van der Waals surface area contributed by atoms with E-state index in [0.29, 0.717) is 20.3 Å². The Kier molecular flexibility index (Phi) is 6.91. The van der Waals surface area contributed by atoms with Crippen LogP contribution in [0.2, 0.25) is 0 Å². The fourth-order valence-corrected chi connectivity index (χ4v) is 1.94. The predicted molar refractivity (Wildman–Crippen MR) is 91.0 cm³/mol. The summed E-state index contributed by atoms with van der Waals surface area (Å²) in [5.74, 6) is -0.806. The predicted octanol–water partition coefficient (Wildman–Crippen LogP) is 2.34. The first-order valence-electron chi connectivity index (χ1n) is 5.90. The zero-order chi connectivity index (χ0) is 17.6. The molecule has 0 radical (unpaired) electrons. The maximum atomic E-state index is 11.0. The monoisotopic (exact) mass is 446 g/mol. The van der Waals surface area contributed by atoms with Gasteiger partial charge in [-0.15, -0.1) is 0 Å². The number of hydrogen-bond acceptors (Lipinski definition) is 7. The summed E-state index contributed by atoms with van der Waals surface area (Å²) in [6, 6.07) is 2.97. The fourth-order valence-electron chi connectivity index (χ4n) is 1.24. The van der Waals surface area contributed by atoms with Crippen LogP contribution < -0.4 is 11.5 Å². The molecule has 0 saturated heterocycles. The molecule has 2 rings (SSSR count). The molecule has 0 fully saturated rings. The largest absolute Gasteiger partial charge is 0.478 e. The average Bonchev–Trinajstić information content (AvgIpc) is 2.52. The molecule has 0 aromatic carbocycles. The lowest BCUT2D eigenvalue weighted by Gasteiger charge is -2.00. The van der Waals surface area contributed by atoms with Gasteiger partial charge in [0.05, 0.1) is 27.2 Å². The van der Waals surface area contributed by atoms with Crippen LogP contribution in [0.15, 0.2) is 33.5 Å². The summed E-state index contributed by atoms with van der Waals surface area (Å²) in [5, 5.41) is 8.50. The first-order valence-corrected chi connectivity index (χ1v) is 7.48. The zero-order valence-corrected chi connectivity index (χ0v) is 15.0. The number of halogens is 2. The molecule has 0 amide bonds. The highest BCUT2D eigenvalue weighted by atomic mass is 79.9. The van der Waals surface area contributed by atoms with E-state index in [9.17, 15) is 9.59 Å². The maximum Gasteiger partial charge on any atom is 0.339 e. The number of rotatable bonds is 2. The minimum atomic E-state index is -1.02. The summed E-state index contributed by atoms with van der Waals surface area (Å²) in [6.45, 7) is 0. The third-order valence-corrected chi connectivity index (χ3v) is 3.68. The van der Waals surface area contributed by atoms with Crippen molar-refractivity contribution in [3.8, 4) is 0 Å².